The van der Waals surface area contributed by atoms with E-state index in [4.69, 9.17) is 10.3 Å². The van der Waals surface area contributed by atoms with Crippen molar-refractivity contribution < 1.29 is 17.7 Å². The number of hydrogen-bond acceptors (Lipinski definition) is 4. The maximum absolute atomic E-state index is 12.9. The van der Waals surface area contributed by atoms with E-state index in [-0.39, 0.29) is 17.3 Å². The topological polar surface area (TPSA) is 64.9 Å². The van der Waals surface area contributed by atoms with Gasteiger partial charge in [-0.25, -0.2) is 0 Å². The van der Waals surface area contributed by atoms with Gasteiger partial charge in [0.05, 0.1) is 11.6 Å². The molecule has 0 amide bonds. The summed E-state index contributed by atoms with van der Waals surface area (Å²) in [5.74, 6) is -0.0434. The molecule has 0 saturated heterocycles. The fourth-order valence-electron chi connectivity index (χ4n) is 1.48. The smallest absolute Gasteiger partial charge is 0.337 e. The van der Waals surface area contributed by atoms with Gasteiger partial charge >= 0.3 is 6.18 Å². The summed E-state index contributed by atoms with van der Waals surface area (Å²) < 4.78 is 44.0. The summed E-state index contributed by atoms with van der Waals surface area (Å²) in [5, 5.41) is 3.53. The molecule has 0 radical (unpaired) electrons. The first kappa shape index (κ1) is 14.0. The Hall–Kier alpha value is -1.41. The quantitative estimate of drug-likeness (QED) is 0.911. The van der Waals surface area contributed by atoms with Crippen molar-refractivity contribution >= 4 is 15.9 Å². The first-order valence-electron chi connectivity index (χ1n) is 5.25. The van der Waals surface area contributed by atoms with Gasteiger partial charge in [-0.05, 0) is 25.1 Å². The van der Waals surface area contributed by atoms with Crippen LogP contribution in [0.5, 0.6) is 0 Å². The fourth-order valence-corrected chi connectivity index (χ4v) is 1.84. The van der Waals surface area contributed by atoms with Crippen LogP contribution in [0.15, 0.2) is 27.2 Å². The van der Waals surface area contributed by atoms with Crippen LogP contribution in [0.25, 0.3) is 11.4 Å². The molecule has 0 unspecified atom stereocenters. The van der Waals surface area contributed by atoms with E-state index in [9.17, 15) is 13.2 Å². The third-order valence-electron chi connectivity index (χ3n) is 2.36. The zero-order valence-corrected chi connectivity index (χ0v) is 11.3. The Morgan fingerprint density at radius 1 is 1.37 bits per heavy atom. The lowest BCUT2D eigenvalue weighted by molar-refractivity contribution is -0.137. The summed E-state index contributed by atoms with van der Waals surface area (Å²) in [6, 6.07) is 3.19. The Morgan fingerprint density at radius 2 is 2.05 bits per heavy atom. The molecule has 0 aliphatic carbocycles. The van der Waals surface area contributed by atoms with Crippen LogP contribution in [-0.4, -0.2) is 10.1 Å². The van der Waals surface area contributed by atoms with Crippen LogP contribution >= 0.6 is 15.9 Å². The van der Waals surface area contributed by atoms with Gasteiger partial charge < -0.3 is 10.3 Å². The fraction of sp³-hybridized carbons (Fsp3) is 0.273. The second-order valence-corrected chi connectivity index (χ2v) is 4.85. The maximum Gasteiger partial charge on any atom is 0.417 e. The van der Waals surface area contributed by atoms with Crippen LogP contribution in [0, 0.1) is 0 Å². The van der Waals surface area contributed by atoms with E-state index < -0.39 is 17.8 Å². The van der Waals surface area contributed by atoms with Crippen LogP contribution < -0.4 is 5.73 Å². The number of rotatable bonds is 2. The molecule has 19 heavy (non-hydrogen) atoms. The van der Waals surface area contributed by atoms with Crippen molar-refractivity contribution in [3.05, 3.63) is 34.1 Å². The second-order valence-electron chi connectivity index (χ2n) is 3.93. The van der Waals surface area contributed by atoms with Gasteiger partial charge in [-0.3, -0.25) is 0 Å². The SMILES string of the molecule is C[C@H](N)c1nc(-c2ccc(Br)cc2C(F)(F)F)no1. The molecule has 2 N–H and O–H groups in total. The van der Waals surface area contributed by atoms with Gasteiger partial charge in [0.15, 0.2) is 0 Å². The van der Waals surface area contributed by atoms with E-state index in [1.807, 2.05) is 0 Å². The highest BCUT2D eigenvalue weighted by atomic mass is 79.9. The third kappa shape index (κ3) is 2.95. The summed E-state index contributed by atoms with van der Waals surface area (Å²) in [4.78, 5) is 3.87. The lowest BCUT2D eigenvalue weighted by atomic mass is 10.1. The lowest BCUT2D eigenvalue weighted by Crippen LogP contribution is -2.08. The van der Waals surface area contributed by atoms with Gasteiger partial charge in [-0.1, -0.05) is 21.1 Å². The molecule has 1 aromatic heterocycles. The predicted molar refractivity (Wildman–Crippen MR) is 65.0 cm³/mol. The minimum Gasteiger partial charge on any atom is -0.337 e. The van der Waals surface area contributed by atoms with Crippen molar-refractivity contribution in [2.24, 2.45) is 5.73 Å². The second kappa shape index (κ2) is 4.93. The van der Waals surface area contributed by atoms with Crippen LogP contribution in [0.2, 0.25) is 0 Å². The number of hydrogen-bond donors (Lipinski definition) is 1. The molecule has 0 spiro atoms. The first-order chi connectivity index (χ1) is 8.79. The van der Waals surface area contributed by atoms with Gasteiger partial charge in [0.2, 0.25) is 11.7 Å². The summed E-state index contributed by atoms with van der Waals surface area (Å²) in [6.45, 7) is 1.60. The van der Waals surface area contributed by atoms with Crippen LogP contribution in [0.4, 0.5) is 13.2 Å². The number of nitrogens with zero attached hydrogens (tertiary/aromatic N) is 2. The molecule has 2 aromatic rings. The number of alkyl halides is 3. The highest BCUT2D eigenvalue weighted by Crippen LogP contribution is 2.37. The van der Waals surface area contributed by atoms with Crippen LogP contribution in [-0.2, 0) is 6.18 Å². The Bertz CT molecular complexity index is 595. The molecule has 4 nitrogen and oxygen atoms in total. The Kier molecular flexibility index (Phi) is 3.64. The van der Waals surface area contributed by atoms with E-state index in [0.29, 0.717) is 4.47 Å². The van der Waals surface area contributed by atoms with E-state index in [2.05, 4.69) is 26.1 Å². The molecule has 8 heteroatoms. The van der Waals surface area contributed by atoms with E-state index in [1.54, 1.807) is 6.92 Å². The van der Waals surface area contributed by atoms with Crippen LogP contribution in [0.3, 0.4) is 0 Å². The number of halogens is 4. The molecule has 0 bridgehead atoms. The largest absolute Gasteiger partial charge is 0.417 e. The summed E-state index contributed by atoms with van der Waals surface area (Å²) in [5.41, 5.74) is 4.55. The molecule has 0 saturated carbocycles. The monoisotopic (exact) mass is 335 g/mol. The zero-order valence-electron chi connectivity index (χ0n) is 9.70. The van der Waals surface area contributed by atoms with Crippen molar-refractivity contribution in [3.8, 4) is 11.4 Å². The zero-order chi connectivity index (χ0) is 14.2. The number of nitrogens with two attached hydrogens (primary N) is 1. The van der Waals surface area contributed by atoms with Gasteiger partial charge in [0, 0.05) is 10.0 Å². The molecule has 102 valence electrons. The average Bonchev–Trinajstić information content (AvgIpc) is 2.77. The lowest BCUT2D eigenvalue weighted by Gasteiger charge is -2.10. The standard InChI is InChI=1S/C11H9BrF3N3O/c1-5(16)10-17-9(18-19-10)7-3-2-6(12)4-8(7)11(13,14)15/h2-5H,16H2,1H3/t5-/m0/s1. The van der Waals surface area contributed by atoms with Crippen molar-refractivity contribution in [2.75, 3.05) is 0 Å². The summed E-state index contributed by atoms with van der Waals surface area (Å²) in [7, 11) is 0. The third-order valence-corrected chi connectivity index (χ3v) is 2.85. The average molecular weight is 336 g/mol. The van der Waals surface area contributed by atoms with Gasteiger partial charge in [-0.2, -0.15) is 18.2 Å². The van der Waals surface area contributed by atoms with Crippen molar-refractivity contribution in [2.45, 2.75) is 19.1 Å². The molecule has 2 rings (SSSR count). The van der Waals surface area contributed by atoms with Gasteiger partial charge in [-0.15, -0.1) is 0 Å². The summed E-state index contributed by atoms with van der Waals surface area (Å²) >= 11 is 3.01. The molecule has 1 heterocycles. The molecule has 1 atom stereocenters. The highest BCUT2D eigenvalue weighted by Gasteiger charge is 2.35. The Labute approximate surface area is 114 Å². The minimum absolute atomic E-state index is 0.0889. The molecule has 0 aliphatic rings. The maximum atomic E-state index is 12.9. The molecule has 1 aromatic carbocycles. The van der Waals surface area contributed by atoms with Crippen molar-refractivity contribution in [3.63, 3.8) is 0 Å². The van der Waals surface area contributed by atoms with Gasteiger partial charge in [0.1, 0.15) is 0 Å². The van der Waals surface area contributed by atoms with E-state index >= 15 is 0 Å². The normalized spacial score (nSPS) is 13.6. The molecular weight excluding hydrogens is 327 g/mol. The summed E-state index contributed by atoms with van der Waals surface area (Å²) in [6.07, 6.45) is -4.51. The Balaban J connectivity index is 2.55. The highest BCUT2D eigenvalue weighted by molar-refractivity contribution is 9.10. The first-order valence-corrected chi connectivity index (χ1v) is 6.04. The van der Waals surface area contributed by atoms with E-state index in [0.717, 1.165) is 6.07 Å². The number of aromatic nitrogens is 2. The van der Waals surface area contributed by atoms with Crippen LogP contribution in [0.1, 0.15) is 24.4 Å². The predicted octanol–water partition coefficient (Wildman–Crippen LogP) is 3.54. The van der Waals surface area contributed by atoms with Gasteiger partial charge in [0.25, 0.3) is 0 Å². The minimum atomic E-state index is -4.51. The van der Waals surface area contributed by atoms with Crippen molar-refractivity contribution in [1.29, 1.82) is 0 Å². The Morgan fingerprint density at radius 3 is 2.58 bits per heavy atom. The molecule has 0 fully saturated rings. The molecular formula is C11H9BrF3N3O. The number of benzene rings is 1. The van der Waals surface area contributed by atoms with E-state index in [1.165, 1.54) is 12.1 Å². The molecule has 0 aliphatic heterocycles. The van der Waals surface area contributed by atoms with Crippen molar-refractivity contribution in [1.82, 2.24) is 10.1 Å².